The van der Waals surface area contributed by atoms with Gasteiger partial charge in [0.2, 0.25) is 5.91 Å². The zero-order valence-corrected chi connectivity index (χ0v) is 24.5. The number of fused-ring (bicyclic) bond motifs is 1. The van der Waals surface area contributed by atoms with E-state index in [0.29, 0.717) is 49.2 Å². The van der Waals surface area contributed by atoms with Crippen LogP contribution in [0.4, 0.5) is 5.69 Å². The van der Waals surface area contributed by atoms with Crippen LogP contribution in [0.5, 0.6) is 0 Å². The first-order valence-corrected chi connectivity index (χ1v) is 14.6. The standard InChI is InChI=1S/C31H41ClN2O6/c1-6-10-11-18-39-29(38)24-23-27(36)34(21(8-3)19-35)26(31(23)16-15-30(24,9-4)40-31)28(37)33(17-7-2)25-20(5)13-12-14-22(25)32/h6-7,12-14,21,23-24,26,35H,1-2,8-11,15-19H2,3-5H3/t21-,23-,24+,26?,30-,31?/m0/s1. The number of unbranched alkanes of at least 4 members (excludes halogenated alkanes) is 1. The summed E-state index contributed by atoms with van der Waals surface area (Å²) in [5, 5.41) is 10.7. The summed E-state index contributed by atoms with van der Waals surface area (Å²) in [7, 11) is 0. The molecule has 1 N–H and O–H groups in total. The number of para-hydroxylation sites is 1. The third-order valence-electron chi connectivity index (χ3n) is 9.02. The van der Waals surface area contributed by atoms with Crippen LogP contribution in [0.3, 0.4) is 0 Å². The van der Waals surface area contributed by atoms with E-state index in [-0.39, 0.29) is 31.6 Å². The van der Waals surface area contributed by atoms with E-state index < -0.39 is 41.1 Å². The Kier molecular flexibility index (Phi) is 9.12. The van der Waals surface area contributed by atoms with E-state index in [1.165, 1.54) is 4.90 Å². The fraction of sp³-hybridized carbons (Fsp3) is 0.581. The molecule has 1 aromatic carbocycles. The molecule has 40 heavy (non-hydrogen) atoms. The molecule has 1 aromatic rings. The smallest absolute Gasteiger partial charge is 0.312 e. The molecule has 2 amide bonds. The Bertz CT molecular complexity index is 1150. The SMILES string of the molecule is C=CCCCOC(=O)[C@H]1[C@H]2C(=O)N([C@@H](CC)CO)C(C(=O)N(CC=C)c3c(C)cccc3Cl)C23CC[C@]1(CC)O3. The number of carbonyl (C=O) groups is 3. The van der Waals surface area contributed by atoms with Gasteiger partial charge in [-0.25, -0.2) is 0 Å². The quantitative estimate of drug-likeness (QED) is 0.211. The number of esters is 1. The van der Waals surface area contributed by atoms with Gasteiger partial charge in [0.1, 0.15) is 17.6 Å². The van der Waals surface area contributed by atoms with Gasteiger partial charge in [-0.2, -0.15) is 0 Å². The summed E-state index contributed by atoms with van der Waals surface area (Å²) >= 11 is 6.61. The number of rotatable bonds is 13. The summed E-state index contributed by atoms with van der Waals surface area (Å²) in [5.41, 5.74) is -0.796. The minimum Gasteiger partial charge on any atom is -0.465 e. The van der Waals surface area contributed by atoms with Crippen LogP contribution in [0.2, 0.25) is 5.02 Å². The molecule has 0 aliphatic carbocycles. The number of hydrogen-bond donors (Lipinski definition) is 1. The predicted octanol–water partition coefficient (Wildman–Crippen LogP) is 4.60. The fourth-order valence-corrected chi connectivity index (χ4v) is 7.45. The van der Waals surface area contributed by atoms with Crippen molar-refractivity contribution in [2.45, 2.75) is 82.6 Å². The molecule has 8 nitrogen and oxygen atoms in total. The predicted molar refractivity (Wildman–Crippen MR) is 154 cm³/mol. The molecule has 2 bridgehead atoms. The maximum absolute atomic E-state index is 14.7. The number of aryl methyl sites for hydroxylation is 1. The highest BCUT2D eigenvalue weighted by atomic mass is 35.5. The summed E-state index contributed by atoms with van der Waals surface area (Å²) in [6.45, 7) is 13.3. The van der Waals surface area contributed by atoms with Gasteiger partial charge >= 0.3 is 5.97 Å². The Labute approximate surface area is 241 Å². The van der Waals surface area contributed by atoms with Crippen LogP contribution in [0.15, 0.2) is 43.5 Å². The minimum atomic E-state index is -1.23. The number of likely N-dealkylation sites (tertiary alicyclic amines) is 1. The summed E-state index contributed by atoms with van der Waals surface area (Å²) in [5.74, 6) is -2.92. The van der Waals surface area contributed by atoms with Crippen LogP contribution < -0.4 is 4.90 Å². The highest BCUT2D eigenvalue weighted by Crippen LogP contribution is 2.65. The molecular formula is C31H41ClN2O6. The lowest BCUT2D eigenvalue weighted by atomic mass is 9.65. The molecule has 3 aliphatic rings. The van der Waals surface area contributed by atoms with Crippen molar-refractivity contribution < 1.29 is 29.0 Å². The fourth-order valence-electron chi connectivity index (χ4n) is 7.12. The highest BCUT2D eigenvalue weighted by Gasteiger charge is 2.79. The minimum absolute atomic E-state index is 0.159. The lowest BCUT2D eigenvalue weighted by Gasteiger charge is -2.39. The first kappa shape index (κ1) is 30.3. The van der Waals surface area contributed by atoms with E-state index in [2.05, 4.69) is 13.2 Å². The van der Waals surface area contributed by atoms with Crippen LogP contribution in [0.25, 0.3) is 0 Å². The molecule has 3 aliphatic heterocycles. The van der Waals surface area contributed by atoms with Crippen molar-refractivity contribution in [2.75, 3.05) is 24.7 Å². The van der Waals surface area contributed by atoms with E-state index in [0.717, 1.165) is 5.56 Å². The molecule has 0 saturated carbocycles. The molecule has 6 atom stereocenters. The number of ether oxygens (including phenoxy) is 2. The number of anilines is 1. The molecule has 0 aromatic heterocycles. The molecule has 218 valence electrons. The molecular weight excluding hydrogens is 532 g/mol. The van der Waals surface area contributed by atoms with Gasteiger partial charge in [-0.15, -0.1) is 13.2 Å². The maximum atomic E-state index is 14.7. The lowest BCUT2D eigenvalue weighted by Crippen LogP contribution is -2.59. The van der Waals surface area contributed by atoms with Gasteiger partial charge in [-0.05, 0) is 57.1 Å². The van der Waals surface area contributed by atoms with E-state index in [1.54, 1.807) is 23.1 Å². The van der Waals surface area contributed by atoms with Gasteiger partial charge < -0.3 is 24.4 Å². The number of halogens is 1. The van der Waals surface area contributed by atoms with Crippen LogP contribution in [-0.2, 0) is 23.9 Å². The molecule has 2 unspecified atom stereocenters. The van der Waals surface area contributed by atoms with Crippen molar-refractivity contribution in [1.82, 2.24) is 4.90 Å². The van der Waals surface area contributed by atoms with Crippen molar-refractivity contribution in [1.29, 1.82) is 0 Å². The normalized spacial score (nSPS) is 29.3. The Morgan fingerprint density at radius 2 is 2.05 bits per heavy atom. The van der Waals surface area contributed by atoms with Crippen LogP contribution in [-0.4, -0.2) is 70.8 Å². The van der Waals surface area contributed by atoms with Gasteiger partial charge in [0.15, 0.2) is 0 Å². The summed E-state index contributed by atoms with van der Waals surface area (Å²) in [6, 6.07) is 3.73. The van der Waals surface area contributed by atoms with E-state index in [9.17, 15) is 19.5 Å². The Balaban J connectivity index is 1.83. The number of hydrogen-bond acceptors (Lipinski definition) is 6. The van der Waals surface area contributed by atoms with Crippen molar-refractivity contribution >= 4 is 35.1 Å². The molecule has 1 spiro atoms. The molecule has 3 saturated heterocycles. The van der Waals surface area contributed by atoms with Gasteiger partial charge in [-0.3, -0.25) is 14.4 Å². The second-order valence-corrected chi connectivity index (χ2v) is 11.5. The van der Waals surface area contributed by atoms with Crippen molar-refractivity contribution in [3.63, 3.8) is 0 Å². The topological polar surface area (TPSA) is 96.4 Å². The molecule has 3 heterocycles. The zero-order valence-electron chi connectivity index (χ0n) is 23.7. The molecule has 0 radical (unpaired) electrons. The van der Waals surface area contributed by atoms with Crippen LogP contribution in [0, 0.1) is 18.8 Å². The highest BCUT2D eigenvalue weighted by molar-refractivity contribution is 6.34. The third-order valence-corrected chi connectivity index (χ3v) is 9.32. The second-order valence-electron chi connectivity index (χ2n) is 11.1. The number of allylic oxidation sites excluding steroid dienone is 1. The number of carbonyl (C=O) groups excluding carboxylic acids is 3. The number of nitrogens with zero attached hydrogens (tertiary/aromatic N) is 2. The van der Waals surface area contributed by atoms with E-state index in [1.807, 2.05) is 32.9 Å². The average Bonchev–Trinajstić information content (AvgIpc) is 3.55. The number of amides is 2. The summed E-state index contributed by atoms with van der Waals surface area (Å²) < 4.78 is 12.5. The number of aliphatic hydroxyl groups excluding tert-OH is 1. The van der Waals surface area contributed by atoms with Gasteiger partial charge in [0, 0.05) is 6.54 Å². The van der Waals surface area contributed by atoms with E-state index >= 15 is 0 Å². The maximum Gasteiger partial charge on any atom is 0.312 e. The first-order valence-electron chi connectivity index (χ1n) is 14.3. The summed E-state index contributed by atoms with van der Waals surface area (Å²) in [4.78, 5) is 45.7. The largest absolute Gasteiger partial charge is 0.465 e. The third kappa shape index (κ3) is 4.68. The number of aliphatic hydroxyl groups is 1. The van der Waals surface area contributed by atoms with Crippen molar-refractivity contribution in [3.05, 3.63) is 54.1 Å². The molecule has 9 heteroatoms. The second kappa shape index (κ2) is 12.0. The van der Waals surface area contributed by atoms with Crippen LogP contribution >= 0.6 is 11.6 Å². The zero-order chi connectivity index (χ0) is 29.2. The van der Waals surface area contributed by atoms with Crippen molar-refractivity contribution in [2.24, 2.45) is 11.8 Å². The molecule has 4 rings (SSSR count). The van der Waals surface area contributed by atoms with Crippen LogP contribution in [0.1, 0.15) is 57.9 Å². The molecule has 3 fully saturated rings. The van der Waals surface area contributed by atoms with E-state index in [4.69, 9.17) is 21.1 Å². The first-order chi connectivity index (χ1) is 19.2. The average molecular weight is 573 g/mol. The number of benzene rings is 1. The Hall–Kier alpha value is -2.68. The van der Waals surface area contributed by atoms with Gasteiger partial charge in [-0.1, -0.05) is 49.7 Å². The summed E-state index contributed by atoms with van der Waals surface area (Å²) in [6.07, 6.45) is 6.62. The Morgan fingerprint density at radius 3 is 2.65 bits per heavy atom. The van der Waals surface area contributed by atoms with Gasteiger partial charge in [0.25, 0.3) is 5.91 Å². The van der Waals surface area contributed by atoms with Crippen molar-refractivity contribution in [3.8, 4) is 0 Å². The monoisotopic (exact) mass is 572 g/mol. The Morgan fingerprint density at radius 1 is 1.30 bits per heavy atom. The lowest BCUT2D eigenvalue weighted by molar-refractivity contribution is -0.162. The van der Waals surface area contributed by atoms with Gasteiger partial charge in [0.05, 0.1) is 41.5 Å².